The molecule has 2 aromatic rings. The molecule has 0 saturated carbocycles. The summed E-state index contributed by atoms with van der Waals surface area (Å²) in [5, 5.41) is 2.91. The van der Waals surface area contributed by atoms with Crippen LogP contribution in [0.15, 0.2) is 48.5 Å². The molecule has 4 rings (SSSR count). The lowest BCUT2D eigenvalue weighted by atomic mass is 9.95. The van der Waals surface area contributed by atoms with Crippen LogP contribution in [0.5, 0.6) is 0 Å². The predicted molar refractivity (Wildman–Crippen MR) is 148 cm³/mol. The van der Waals surface area contributed by atoms with E-state index >= 15 is 0 Å². The Morgan fingerprint density at radius 1 is 0.811 bits per heavy atom. The molecule has 7 heteroatoms. The van der Waals surface area contributed by atoms with Gasteiger partial charge in [0.1, 0.15) is 0 Å². The van der Waals surface area contributed by atoms with Crippen molar-refractivity contribution in [2.75, 3.05) is 49.5 Å². The van der Waals surface area contributed by atoms with Crippen LogP contribution in [-0.2, 0) is 9.59 Å². The van der Waals surface area contributed by atoms with Gasteiger partial charge in [0.2, 0.25) is 11.8 Å². The third-order valence-electron chi connectivity index (χ3n) is 7.53. The van der Waals surface area contributed by atoms with E-state index in [4.69, 9.17) is 0 Å². The number of hydrogen-bond donors (Lipinski definition) is 1. The molecule has 0 spiro atoms. The van der Waals surface area contributed by atoms with Crippen LogP contribution in [0.25, 0.3) is 0 Å². The van der Waals surface area contributed by atoms with Crippen molar-refractivity contribution in [1.82, 2.24) is 9.80 Å². The molecular weight excluding hydrogens is 464 g/mol. The number of rotatable bonds is 7. The van der Waals surface area contributed by atoms with Gasteiger partial charge >= 0.3 is 0 Å². The van der Waals surface area contributed by atoms with Gasteiger partial charge in [-0.3, -0.25) is 14.4 Å². The average Bonchev–Trinajstić information content (AvgIpc) is 3.20. The molecule has 7 nitrogen and oxygen atoms in total. The number of likely N-dealkylation sites (tertiary alicyclic amines) is 1. The SMILES string of the molecule is CCC(=O)Nc1ccc(N2CCCN(C(=O)[C@@H](CC)c3ccccc3)CC2)c(C(=O)N2CCCCC2)c1. The van der Waals surface area contributed by atoms with E-state index in [0.29, 0.717) is 37.3 Å². The highest BCUT2D eigenvalue weighted by Crippen LogP contribution is 2.29. The summed E-state index contributed by atoms with van der Waals surface area (Å²) in [6.07, 6.45) is 5.18. The number of benzene rings is 2. The van der Waals surface area contributed by atoms with E-state index in [1.54, 1.807) is 0 Å². The van der Waals surface area contributed by atoms with Gasteiger partial charge in [-0.2, -0.15) is 0 Å². The van der Waals surface area contributed by atoms with Gasteiger partial charge in [0.25, 0.3) is 5.91 Å². The van der Waals surface area contributed by atoms with Crippen LogP contribution in [0, 0.1) is 0 Å². The normalized spacial score (nSPS) is 17.2. The van der Waals surface area contributed by atoms with E-state index in [1.807, 2.05) is 65.3 Å². The van der Waals surface area contributed by atoms with Gasteiger partial charge in [-0.25, -0.2) is 0 Å². The van der Waals surface area contributed by atoms with E-state index in [9.17, 15) is 14.4 Å². The zero-order valence-corrected chi connectivity index (χ0v) is 22.2. The molecule has 1 atom stereocenters. The molecule has 0 aliphatic carbocycles. The van der Waals surface area contributed by atoms with E-state index in [0.717, 1.165) is 63.0 Å². The molecule has 0 aromatic heterocycles. The molecule has 2 aliphatic rings. The van der Waals surface area contributed by atoms with Crippen molar-refractivity contribution in [2.24, 2.45) is 0 Å². The molecule has 0 bridgehead atoms. The molecule has 2 heterocycles. The number of carbonyl (C=O) groups is 3. The number of anilines is 2. The molecule has 2 aliphatic heterocycles. The number of hydrogen-bond acceptors (Lipinski definition) is 4. The van der Waals surface area contributed by atoms with Crippen molar-refractivity contribution in [2.45, 2.75) is 58.3 Å². The molecule has 0 radical (unpaired) electrons. The Morgan fingerprint density at radius 2 is 1.54 bits per heavy atom. The maximum Gasteiger partial charge on any atom is 0.256 e. The van der Waals surface area contributed by atoms with Crippen molar-refractivity contribution in [3.05, 3.63) is 59.7 Å². The van der Waals surface area contributed by atoms with Gasteiger partial charge in [-0.05, 0) is 55.9 Å². The summed E-state index contributed by atoms with van der Waals surface area (Å²) < 4.78 is 0. The maximum absolute atomic E-state index is 13.6. The van der Waals surface area contributed by atoms with Crippen LogP contribution in [0.3, 0.4) is 0 Å². The quantitative estimate of drug-likeness (QED) is 0.583. The topological polar surface area (TPSA) is 73.0 Å². The van der Waals surface area contributed by atoms with Gasteiger partial charge in [0, 0.05) is 57.1 Å². The van der Waals surface area contributed by atoms with Crippen molar-refractivity contribution < 1.29 is 14.4 Å². The molecule has 0 unspecified atom stereocenters. The fraction of sp³-hybridized carbons (Fsp3) is 0.500. The fourth-order valence-electron chi connectivity index (χ4n) is 5.41. The van der Waals surface area contributed by atoms with Crippen LogP contribution in [0.1, 0.15) is 74.2 Å². The standard InChI is InChI=1S/C30H40N4O3/c1-3-25(23-12-7-5-8-13-23)29(36)34-19-11-18-32(20-21-34)27-15-14-24(31-28(35)4-2)22-26(27)30(37)33-16-9-6-10-17-33/h5,7-8,12-15,22,25H,3-4,6,9-11,16-21H2,1-2H3,(H,31,35)/t25-/m0/s1. The Labute approximate surface area is 220 Å². The summed E-state index contributed by atoms with van der Waals surface area (Å²) in [4.78, 5) is 45.3. The number of nitrogens with one attached hydrogen (secondary N) is 1. The van der Waals surface area contributed by atoms with E-state index in [2.05, 4.69) is 17.1 Å². The smallest absolute Gasteiger partial charge is 0.256 e. The van der Waals surface area contributed by atoms with Crippen LogP contribution < -0.4 is 10.2 Å². The van der Waals surface area contributed by atoms with E-state index in [-0.39, 0.29) is 23.6 Å². The third-order valence-corrected chi connectivity index (χ3v) is 7.53. The lowest BCUT2D eigenvalue weighted by Gasteiger charge is -2.31. The second kappa shape index (κ2) is 12.7. The Hall–Kier alpha value is -3.35. The van der Waals surface area contributed by atoms with Gasteiger partial charge in [0.05, 0.1) is 11.5 Å². The monoisotopic (exact) mass is 504 g/mol. The highest BCUT2D eigenvalue weighted by atomic mass is 16.2. The fourth-order valence-corrected chi connectivity index (χ4v) is 5.41. The summed E-state index contributed by atoms with van der Waals surface area (Å²) >= 11 is 0. The molecule has 37 heavy (non-hydrogen) atoms. The molecule has 2 fully saturated rings. The second-order valence-corrected chi connectivity index (χ2v) is 10.0. The first-order chi connectivity index (χ1) is 18.0. The summed E-state index contributed by atoms with van der Waals surface area (Å²) in [6, 6.07) is 15.7. The number of carbonyl (C=O) groups excluding carboxylic acids is 3. The lowest BCUT2D eigenvalue weighted by molar-refractivity contribution is -0.132. The number of amides is 3. The minimum Gasteiger partial charge on any atom is -0.369 e. The summed E-state index contributed by atoms with van der Waals surface area (Å²) in [5.74, 6) is -0.00483. The molecule has 2 aromatic carbocycles. The first-order valence-electron chi connectivity index (χ1n) is 13.8. The highest BCUT2D eigenvalue weighted by Gasteiger charge is 2.28. The van der Waals surface area contributed by atoms with Gasteiger partial charge in [-0.15, -0.1) is 0 Å². The van der Waals surface area contributed by atoms with Gasteiger partial charge < -0.3 is 20.0 Å². The van der Waals surface area contributed by atoms with Gasteiger partial charge in [-0.1, -0.05) is 44.2 Å². The van der Waals surface area contributed by atoms with Crippen molar-refractivity contribution in [1.29, 1.82) is 0 Å². The van der Waals surface area contributed by atoms with Crippen LogP contribution in [-0.4, -0.2) is 66.8 Å². The Kier molecular flexibility index (Phi) is 9.20. The Bertz CT molecular complexity index is 1080. The van der Waals surface area contributed by atoms with E-state index < -0.39 is 0 Å². The molecule has 1 N–H and O–H groups in total. The van der Waals surface area contributed by atoms with Crippen LogP contribution >= 0.6 is 0 Å². The first kappa shape index (κ1) is 26.7. The molecular formula is C30H40N4O3. The van der Waals surface area contributed by atoms with Crippen molar-refractivity contribution >= 4 is 29.1 Å². The summed E-state index contributed by atoms with van der Waals surface area (Å²) in [5.41, 5.74) is 3.23. The number of piperidine rings is 1. The summed E-state index contributed by atoms with van der Waals surface area (Å²) in [6.45, 7) is 8.18. The average molecular weight is 505 g/mol. The summed E-state index contributed by atoms with van der Waals surface area (Å²) in [7, 11) is 0. The first-order valence-corrected chi connectivity index (χ1v) is 13.8. The lowest BCUT2D eigenvalue weighted by Crippen LogP contribution is -2.39. The van der Waals surface area contributed by atoms with Crippen LogP contribution in [0.2, 0.25) is 0 Å². The van der Waals surface area contributed by atoms with Crippen molar-refractivity contribution in [3.8, 4) is 0 Å². The minimum atomic E-state index is -0.134. The van der Waals surface area contributed by atoms with Crippen LogP contribution in [0.4, 0.5) is 11.4 Å². The second-order valence-electron chi connectivity index (χ2n) is 10.0. The largest absolute Gasteiger partial charge is 0.369 e. The highest BCUT2D eigenvalue weighted by molar-refractivity contribution is 6.02. The maximum atomic E-state index is 13.6. The molecule has 3 amide bonds. The minimum absolute atomic E-state index is 0.0228. The Balaban J connectivity index is 1.54. The molecule has 2 saturated heterocycles. The van der Waals surface area contributed by atoms with E-state index in [1.165, 1.54) is 0 Å². The van der Waals surface area contributed by atoms with Gasteiger partial charge in [0.15, 0.2) is 0 Å². The predicted octanol–water partition coefficient (Wildman–Crippen LogP) is 4.89. The zero-order chi connectivity index (χ0) is 26.2. The van der Waals surface area contributed by atoms with Crippen molar-refractivity contribution in [3.63, 3.8) is 0 Å². The Morgan fingerprint density at radius 3 is 2.24 bits per heavy atom. The zero-order valence-electron chi connectivity index (χ0n) is 22.2. The third kappa shape index (κ3) is 6.51. The number of nitrogens with zero attached hydrogens (tertiary/aromatic N) is 3. The molecule has 198 valence electrons.